The average Bonchev–Trinajstić information content (AvgIpc) is 3.42. The highest BCUT2D eigenvalue weighted by molar-refractivity contribution is 8.01. The number of hydrogen-bond donors (Lipinski definition) is 1. The number of thioether (sulfide) groups is 2. The SMILES string of the molecule is CCCCSc1nc2ccc(NC(=O)CSc3nnc(COC)n3-c3ccccc3)cc2s1. The van der Waals surface area contributed by atoms with Crippen molar-refractivity contribution < 1.29 is 9.53 Å². The molecule has 10 heteroatoms. The number of aromatic nitrogens is 4. The minimum absolute atomic E-state index is 0.0997. The average molecular weight is 500 g/mol. The van der Waals surface area contributed by atoms with Crippen molar-refractivity contribution >= 4 is 56.7 Å². The number of amides is 1. The van der Waals surface area contributed by atoms with Gasteiger partial charge in [-0.25, -0.2) is 4.98 Å². The zero-order chi connectivity index (χ0) is 23.0. The Morgan fingerprint density at radius 2 is 2.00 bits per heavy atom. The molecule has 0 atom stereocenters. The first-order chi connectivity index (χ1) is 16.2. The van der Waals surface area contributed by atoms with Gasteiger partial charge in [0.2, 0.25) is 5.91 Å². The molecule has 0 saturated carbocycles. The molecule has 0 bridgehead atoms. The van der Waals surface area contributed by atoms with Crippen LogP contribution in [0.1, 0.15) is 25.6 Å². The number of fused-ring (bicyclic) bond motifs is 1. The zero-order valence-electron chi connectivity index (χ0n) is 18.5. The van der Waals surface area contributed by atoms with E-state index in [0.717, 1.165) is 31.7 Å². The molecule has 2 aromatic heterocycles. The van der Waals surface area contributed by atoms with Crippen LogP contribution in [-0.4, -0.2) is 44.3 Å². The molecule has 0 unspecified atom stereocenters. The third-order valence-corrected chi connectivity index (χ3v) is 7.87. The lowest BCUT2D eigenvalue weighted by Gasteiger charge is -2.10. The van der Waals surface area contributed by atoms with Gasteiger partial charge in [-0.1, -0.05) is 55.1 Å². The molecule has 0 radical (unpaired) electrons. The minimum Gasteiger partial charge on any atom is -0.377 e. The molecule has 4 rings (SSSR count). The number of carbonyl (C=O) groups excluding carboxylic acids is 1. The van der Waals surface area contributed by atoms with Crippen molar-refractivity contribution in [1.29, 1.82) is 0 Å². The first-order valence-corrected chi connectivity index (χ1v) is 13.4. The predicted molar refractivity (Wildman–Crippen MR) is 137 cm³/mol. The summed E-state index contributed by atoms with van der Waals surface area (Å²) >= 11 is 4.81. The summed E-state index contributed by atoms with van der Waals surface area (Å²) in [5.41, 5.74) is 2.67. The summed E-state index contributed by atoms with van der Waals surface area (Å²) in [6, 6.07) is 15.7. The van der Waals surface area contributed by atoms with Crippen molar-refractivity contribution in [3.63, 3.8) is 0 Å². The lowest BCUT2D eigenvalue weighted by atomic mass is 10.3. The van der Waals surface area contributed by atoms with E-state index in [1.807, 2.05) is 53.1 Å². The molecule has 7 nitrogen and oxygen atoms in total. The number of nitrogens with zero attached hydrogens (tertiary/aromatic N) is 4. The van der Waals surface area contributed by atoms with Crippen molar-refractivity contribution in [1.82, 2.24) is 19.7 Å². The Balaban J connectivity index is 1.41. The summed E-state index contributed by atoms with van der Waals surface area (Å²) in [6.45, 7) is 2.53. The molecule has 0 fully saturated rings. The summed E-state index contributed by atoms with van der Waals surface area (Å²) in [4.78, 5) is 17.3. The maximum atomic E-state index is 12.7. The molecular weight excluding hydrogens is 474 g/mol. The standard InChI is InChI=1S/C23H25N5O2S3/c1-3-4-12-31-23-25-18-11-10-16(13-19(18)33-23)24-21(29)15-32-22-27-26-20(14-30-2)28(22)17-8-6-5-7-9-17/h5-11,13H,3-4,12,14-15H2,1-2H3,(H,24,29). The quantitative estimate of drug-likeness (QED) is 0.211. The highest BCUT2D eigenvalue weighted by atomic mass is 32.2. The van der Waals surface area contributed by atoms with Gasteiger partial charge in [0.15, 0.2) is 15.3 Å². The second kappa shape index (κ2) is 11.6. The number of thiazole rings is 1. The number of para-hydroxylation sites is 1. The molecular formula is C23H25N5O2S3. The maximum Gasteiger partial charge on any atom is 0.234 e. The molecule has 33 heavy (non-hydrogen) atoms. The number of rotatable bonds is 11. The Kier molecular flexibility index (Phi) is 8.38. The molecule has 4 aromatic rings. The van der Waals surface area contributed by atoms with Crippen LogP contribution in [0.3, 0.4) is 0 Å². The van der Waals surface area contributed by atoms with E-state index < -0.39 is 0 Å². The zero-order valence-corrected chi connectivity index (χ0v) is 20.9. The molecule has 2 aromatic carbocycles. The van der Waals surface area contributed by atoms with Crippen LogP contribution >= 0.6 is 34.9 Å². The highest BCUT2D eigenvalue weighted by Gasteiger charge is 2.16. The molecule has 1 N–H and O–H groups in total. The van der Waals surface area contributed by atoms with Crippen molar-refractivity contribution in [2.75, 3.05) is 23.9 Å². The van der Waals surface area contributed by atoms with Crippen LogP contribution in [0, 0.1) is 0 Å². The number of benzene rings is 2. The fourth-order valence-corrected chi connectivity index (χ4v) is 6.16. The topological polar surface area (TPSA) is 81.9 Å². The molecule has 0 aliphatic carbocycles. The number of methoxy groups -OCH3 is 1. The van der Waals surface area contributed by atoms with Gasteiger partial charge in [0.25, 0.3) is 0 Å². The van der Waals surface area contributed by atoms with E-state index in [0.29, 0.717) is 17.6 Å². The summed E-state index contributed by atoms with van der Waals surface area (Å²) in [6.07, 6.45) is 2.37. The number of anilines is 1. The van der Waals surface area contributed by atoms with Gasteiger partial charge in [0.1, 0.15) is 6.61 Å². The van der Waals surface area contributed by atoms with E-state index in [9.17, 15) is 4.79 Å². The lowest BCUT2D eigenvalue weighted by molar-refractivity contribution is -0.113. The maximum absolute atomic E-state index is 12.7. The smallest absolute Gasteiger partial charge is 0.234 e. The Labute approximate surface area is 205 Å². The summed E-state index contributed by atoms with van der Waals surface area (Å²) in [7, 11) is 1.62. The van der Waals surface area contributed by atoms with E-state index in [1.165, 1.54) is 24.6 Å². The van der Waals surface area contributed by atoms with E-state index >= 15 is 0 Å². The summed E-state index contributed by atoms with van der Waals surface area (Å²) in [5, 5.41) is 12.1. The van der Waals surface area contributed by atoms with Crippen LogP contribution in [-0.2, 0) is 16.1 Å². The van der Waals surface area contributed by atoms with Gasteiger partial charge in [-0.15, -0.1) is 21.5 Å². The van der Waals surface area contributed by atoms with Crippen LogP contribution in [0.5, 0.6) is 0 Å². The number of nitrogens with one attached hydrogen (secondary N) is 1. The number of hydrogen-bond acceptors (Lipinski definition) is 8. The van der Waals surface area contributed by atoms with Crippen LogP contribution in [0.2, 0.25) is 0 Å². The monoisotopic (exact) mass is 499 g/mol. The Morgan fingerprint density at radius 3 is 2.79 bits per heavy atom. The molecule has 2 heterocycles. The van der Waals surface area contributed by atoms with Gasteiger partial charge in [-0.3, -0.25) is 9.36 Å². The number of ether oxygens (including phenoxy) is 1. The number of unbranched alkanes of at least 4 members (excludes halogenated alkanes) is 1. The van der Waals surface area contributed by atoms with Crippen LogP contribution < -0.4 is 5.32 Å². The second-order valence-electron chi connectivity index (χ2n) is 7.20. The first kappa shape index (κ1) is 23.7. The van der Waals surface area contributed by atoms with Gasteiger partial charge < -0.3 is 10.1 Å². The molecule has 0 spiro atoms. The Bertz CT molecular complexity index is 1210. The van der Waals surface area contributed by atoms with E-state index in [2.05, 4.69) is 27.4 Å². The van der Waals surface area contributed by atoms with Crippen molar-refractivity contribution in [3.05, 3.63) is 54.4 Å². The van der Waals surface area contributed by atoms with E-state index in [4.69, 9.17) is 4.74 Å². The van der Waals surface area contributed by atoms with Crippen LogP contribution in [0.4, 0.5) is 5.69 Å². The minimum atomic E-state index is -0.0997. The molecule has 0 saturated heterocycles. The van der Waals surface area contributed by atoms with Gasteiger partial charge in [0, 0.05) is 24.2 Å². The van der Waals surface area contributed by atoms with Gasteiger partial charge in [-0.05, 0) is 36.8 Å². The third kappa shape index (κ3) is 6.14. The van der Waals surface area contributed by atoms with Crippen molar-refractivity contribution in [2.24, 2.45) is 0 Å². The molecule has 1 amide bonds. The second-order valence-corrected chi connectivity index (χ2v) is 10.5. The highest BCUT2D eigenvalue weighted by Crippen LogP contribution is 2.32. The molecule has 0 aliphatic heterocycles. The van der Waals surface area contributed by atoms with E-state index in [-0.39, 0.29) is 11.7 Å². The van der Waals surface area contributed by atoms with Gasteiger partial charge in [-0.2, -0.15) is 0 Å². The van der Waals surface area contributed by atoms with Crippen molar-refractivity contribution in [3.8, 4) is 5.69 Å². The van der Waals surface area contributed by atoms with Crippen molar-refractivity contribution in [2.45, 2.75) is 35.9 Å². The van der Waals surface area contributed by atoms with Gasteiger partial charge >= 0.3 is 0 Å². The lowest BCUT2D eigenvalue weighted by Crippen LogP contribution is -2.14. The summed E-state index contributed by atoms with van der Waals surface area (Å²) < 4.78 is 9.32. The molecule has 172 valence electrons. The Morgan fingerprint density at radius 1 is 1.15 bits per heavy atom. The largest absolute Gasteiger partial charge is 0.377 e. The normalized spacial score (nSPS) is 11.2. The third-order valence-electron chi connectivity index (χ3n) is 4.70. The van der Waals surface area contributed by atoms with E-state index in [1.54, 1.807) is 30.2 Å². The van der Waals surface area contributed by atoms with Gasteiger partial charge in [0.05, 0.1) is 16.0 Å². The van der Waals surface area contributed by atoms with Crippen LogP contribution in [0.25, 0.3) is 15.9 Å². The van der Waals surface area contributed by atoms with Crippen LogP contribution in [0.15, 0.2) is 58.0 Å². The fourth-order valence-electron chi connectivity index (χ4n) is 3.13. The number of carbonyl (C=O) groups is 1. The predicted octanol–water partition coefficient (Wildman–Crippen LogP) is 5.65. The molecule has 0 aliphatic rings. The fraction of sp³-hybridized carbons (Fsp3) is 0.304. The Hall–Kier alpha value is -2.40. The first-order valence-electron chi connectivity index (χ1n) is 10.6. The summed E-state index contributed by atoms with van der Waals surface area (Å²) in [5.74, 6) is 1.89.